The van der Waals surface area contributed by atoms with Crippen molar-refractivity contribution in [3.63, 3.8) is 0 Å². The fourth-order valence-corrected chi connectivity index (χ4v) is 0.812. The zero-order chi connectivity index (χ0) is 13.4. The molecule has 1 atom stereocenters. The number of halogens is 9. The van der Waals surface area contributed by atoms with Gasteiger partial charge in [-0.05, 0) is 6.42 Å². The molecule has 0 nitrogen and oxygen atoms in total. The van der Waals surface area contributed by atoms with Crippen LogP contribution in [0.3, 0.4) is 0 Å². The molecule has 0 radical (unpaired) electrons. The molecule has 0 spiro atoms. The van der Waals surface area contributed by atoms with Gasteiger partial charge in [0.1, 0.15) is 0 Å². The molecule has 0 saturated carbocycles. The van der Waals surface area contributed by atoms with E-state index in [1.807, 2.05) is 0 Å². The van der Waals surface area contributed by atoms with Crippen LogP contribution in [0.1, 0.15) is 13.3 Å². The van der Waals surface area contributed by atoms with Crippen molar-refractivity contribution in [3.05, 3.63) is 0 Å². The van der Waals surface area contributed by atoms with E-state index in [0.717, 1.165) is 0 Å². The van der Waals surface area contributed by atoms with Crippen LogP contribution in [0.4, 0.5) is 39.5 Å². The quantitative estimate of drug-likeness (QED) is 0.659. The largest absolute Gasteiger partial charge is 0.380 e. The maximum atomic E-state index is 12.5. The van der Waals surface area contributed by atoms with Crippen LogP contribution in [0.15, 0.2) is 0 Å². The lowest BCUT2D eigenvalue weighted by Crippen LogP contribution is -2.60. The summed E-state index contributed by atoms with van der Waals surface area (Å²) < 4.78 is 110. The molecule has 0 bridgehead atoms. The van der Waals surface area contributed by atoms with E-state index in [1.54, 1.807) is 0 Å². The van der Waals surface area contributed by atoms with Crippen LogP contribution in [0.2, 0.25) is 0 Å². The molecular formula is C7H7F9. The third-order valence-corrected chi connectivity index (χ3v) is 1.86. The van der Waals surface area contributed by atoms with Crippen molar-refractivity contribution in [2.75, 3.05) is 0 Å². The van der Waals surface area contributed by atoms with E-state index in [9.17, 15) is 39.5 Å². The topological polar surface area (TPSA) is 0 Å². The first-order valence-corrected chi connectivity index (χ1v) is 3.98. The van der Waals surface area contributed by atoms with Crippen LogP contribution in [0.5, 0.6) is 0 Å². The zero-order valence-electron chi connectivity index (χ0n) is 7.76. The summed E-state index contributed by atoms with van der Waals surface area (Å²) in [5, 5.41) is 0. The molecule has 0 rings (SSSR count). The second-order valence-corrected chi connectivity index (χ2v) is 3.00. The van der Waals surface area contributed by atoms with Crippen LogP contribution >= 0.6 is 0 Å². The Balaban J connectivity index is 5.34. The molecule has 9 heteroatoms. The highest BCUT2D eigenvalue weighted by molar-refractivity contribution is 5.01. The van der Waals surface area contributed by atoms with Gasteiger partial charge in [-0.1, -0.05) is 6.92 Å². The van der Waals surface area contributed by atoms with Gasteiger partial charge in [0.2, 0.25) is 0 Å². The average molecular weight is 262 g/mol. The maximum absolute atomic E-state index is 12.5. The molecule has 0 aromatic carbocycles. The average Bonchev–Trinajstić information content (AvgIpc) is 2.15. The normalized spacial score (nSPS) is 16.7. The summed E-state index contributed by atoms with van der Waals surface area (Å²) in [5.41, 5.74) is 0. The van der Waals surface area contributed by atoms with Crippen LogP contribution in [-0.2, 0) is 0 Å². The number of hydrogen-bond acceptors (Lipinski definition) is 0. The summed E-state index contributed by atoms with van der Waals surface area (Å²) in [6, 6.07) is 0. The van der Waals surface area contributed by atoms with Gasteiger partial charge in [0.05, 0.1) is 0 Å². The van der Waals surface area contributed by atoms with Crippen molar-refractivity contribution in [3.8, 4) is 0 Å². The second kappa shape index (κ2) is 4.33. The lowest BCUT2D eigenvalue weighted by molar-refractivity contribution is -0.350. The van der Waals surface area contributed by atoms with Gasteiger partial charge < -0.3 is 0 Å². The lowest BCUT2D eigenvalue weighted by Gasteiger charge is -2.33. The fraction of sp³-hybridized carbons (Fsp3) is 1.00. The van der Waals surface area contributed by atoms with Crippen molar-refractivity contribution in [1.82, 2.24) is 0 Å². The first kappa shape index (κ1) is 15.4. The minimum absolute atomic E-state index is 0.690. The van der Waals surface area contributed by atoms with E-state index in [-0.39, 0.29) is 0 Å². The first-order chi connectivity index (χ1) is 6.92. The highest BCUT2D eigenvalue weighted by atomic mass is 19.4. The highest BCUT2D eigenvalue weighted by Crippen LogP contribution is 2.50. The van der Waals surface area contributed by atoms with Gasteiger partial charge in [0, 0.05) is 0 Å². The molecule has 0 amide bonds. The highest BCUT2D eigenvalue weighted by Gasteiger charge is 2.77. The van der Waals surface area contributed by atoms with Crippen LogP contribution < -0.4 is 0 Å². The van der Waals surface area contributed by atoms with Gasteiger partial charge in [-0.25, -0.2) is 13.2 Å². The van der Waals surface area contributed by atoms with E-state index >= 15 is 0 Å². The molecule has 0 saturated heterocycles. The van der Waals surface area contributed by atoms with Gasteiger partial charge in [-0.3, -0.25) is 0 Å². The fourth-order valence-electron chi connectivity index (χ4n) is 0.812. The summed E-state index contributed by atoms with van der Waals surface area (Å²) in [4.78, 5) is 0. The predicted octanol–water partition coefficient (Wildman–Crippen LogP) is 3.91. The number of alkyl halides is 9. The van der Waals surface area contributed by atoms with Crippen LogP contribution in [-0.4, -0.2) is 30.4 Å². The Kier molecular flexibility index (Phi) is 4.15. The summed E-state index contributed by atoms with van der Waals surface area (Å²) >= 11 is 0. The van der Waals surface area contributed by atoms with E-state index in [0.29, 0.717) is 6.92 Å². The monoisotopic (exact) mass is 262 g/mol. The van der Waals surface area contributed by atoms with Crippen LogP contribution in [0, 0.1) is 0 Å². The molecule has 0 fully saturated rings. The molecule has 0 aliphatic rings. The summed E-state index contributed by atoms with van der Waals surface area (Å²) in [7, 11) is 0. The van der Waals surface area contributed by atoms with E-state index in [1.165, 1.54) is 0 Å². The predicted molar refractivity (Wildman–Crippen MR) is 36.0 cm³/mol. The molecule has 98 valence electrons. The van der Waals surface area contributed by atoms with Crippen molar-refractivity contribution in [2.45, 2.75) is 43.7 Å². The van der Waals surface area contributed by atoms with Crippen molar-refractivity contribution in [2.24, 2.45) is 0 Å². The third-order valence-electron chi connectivity index (χ3n) is 1.86. The van der Waals surface area contributed by atoms with E-state index in [4.69, 9.17) is 0 Å². The molecule has 0 aliphatic carbocycles. The minimum Gasteiger partial charge on any atom is -0.241 e. The molecule has 0 N–H and O–H groups in total. The summed E-state index contributed by atoms with van der Waals surface area (Å²) in [6.07, 6.45) is -9.85. The smallest absolute Gasteiger partial charge is 0.241 e. The molecule has 0 aliphatic heterocycles. The van der Waals surface area contributed by atoms with Gasteiger partial charge in [0.25, 0.3) is 0 Å². The first-order valence-electron chi connectivity index (χ1n) is 3.98. The molecule has 0 unspecified atom stereocenters. The molecular weight excluding hydrogens is 255 g/mol. The Morgan fingerprint density at radius 3 is 1.44 bits per heavy atom. The van der Waals surface area contributed by atoms with Crippen molar-refractivity contribution < 1.29 is 39.5 Å². The van der Waals surface area contributed by atoms with Gasteiger partial charge in [-0.2, -0.15) is 26.3 Å². The molecule has 0 aromatic heterocycles. The van der Waals surface area contributed by atoms with Gasteiger partial charge in [-0.15, -0.1) is 0 Å². The molecule has 16 heavy (non-hydrogen) atoms. The number of hydrogen-bond donors (Lipinski definition) is 0. The number of rotatable bonds is 5. The minimum atomic E-state index is -6.45. The Morgan fingerprint density at radius 2 is 1.19 bits per heavy atom. The Hall–Kier alpha value is -0.630. The third kappa shape index (κ3) is 2.08. The maximum Gasteiger partial charge on any atom is 0.380 e. The van der Waals surface area contributed by atoms with Gasteiger partial charge >= 0.3 is 24.2 Å². The lowest BCUT2D eigenvalue weighted by atomic mass is 9.99. The van der Waals surface area contributed by atoms with Crippen LogP contribution in [0.25, 0.3) is 0 Å². The standard InChI is InChI=1S/C7H7F9/c1-2-3(8)5(11,12)7(15,16)6(13,14)4(9)10/h3-4H,2H2,1H3/t3-/m0/s1. The Bertz CT molecular complexity index is 234. The summed E-state index contributed by atoms with van der Waals surface area (Å²) in [5.74, 6) is -18.6. The molecule has 0 aromatic rings. The van der Waals surface area contributed by atoms with Gasteiger partial charge in [0.15, 0.2) is 6.17 Å². The van der Waals surface area contributed by atoms with Crippen molar-refractivity contribution >= 4 is 0 Å². The SMILES string of the molecule is CC[C@H](F)C(F)(F)C(F)(F)C(F)(F)C(F)F. The van der Waals surface area contributed by atoms with E-state index < -0.39 is 36.8 Å². The Labute approximate surface area is 84.4 Å². The second-order valence-electron chi connectivity index (χ2n) is 3.00. The summed E-state index contributed by atoms with van der Waals surface area (Å²) in [6.45, 7) is 0.690. The zero-order valence-corrected chi connectivity index (χ0v) is 7.76. The Morgan fingerprint density at radius 1 is 0.812 bits per heavy atom. The van der Waals surface area contributed by atoms with E-state index in [2.05, 4.69) is 0 Å². The molecule has 0 heterocycles. The van der Waals surface area contributed by atoms with Crippen molar-refractivity contribution in [1.29, 1.82) is 0 Å².